The van der Waals surface area contributed by atoms with Crippen molar-refractivity contribution in [3.05, 3.63) is 90.0 Å². The molecule has 0 N–H and O–H groups in total. The number of likely N-dealkylation sites (N-methyl/N-ethyl adjacent to an activating group) is 1. The number of para-hydroxylation sites is 1. The van der Waals surface area contributed by atoms with Gasteiger partial charge in [0.2, 0.25) is 0 Å². The van der Waals surface area contributed by atoms with Gasteiger partial charge in [-0.3, -0.25) is 0 Å². The Labute approximate surface area is 170 Å². The lowest BCUT2D eigenvalue weighted by Crippen LogP contribution is -2.27. The summed E-state index contributed by atoms with van der Waals surface area (Å²) in [4.78, 5) is 2.41. The van der Waals surface area contributed by atoms with Gasteiger partial charge in [-0.1, -0.05) is 66.7 Å². The van der Waals surface area contributed by atoms with Gasteiger partial charge in [0.05, 0.1) is 0 Å². The van der Waals surface area contributed by atoms with Crippen LogP contribution in [0.15, 0.2) is 78.9 Å². The molecule has 0 aliphatic heterocycles. The lowest BCUT2D eigenvalue weighted by atomic mass is 9.78. The molecule has 5 aromatic carbocycles. The minimum absolute atomic E-state index is 0.508. The van der Waals surface area contributed by atoms with Crippen molar-refractivity contribution in [3.63, 3.8) is 0 Å². The first-order chi connectivity index (χ1) is 14.3. The van der Waals surface area contributed by atoms with Crippen molar-refractivity contribution in [1.29, 1.82) is 0 Å². The maximum atomic E-state index is 2.41. The first-order valence-corrected chi connectivity index (χ1v) is 10.5. The largest absolute Gasteiger partial charge is 0.374 e. The van der Waals surface area contributed by atoms with Gasteiger partial charge >= 0.3 is 0 Å². The summed E-state index contributed by atoms with van der Waals surface area (Å²) in [5.41, 5.74) is 7.38. The molecule has 0 spiro atoms. The number of anilines is 1. The molecule has 0 fully saturated rings. The number of hydrogen-bond donors (Lipinski definition) is 0. The lowest BCUT2D eigenvalue weighted by molar-refractivity contribution is 0.664. The van der Waals surface area contributed by atoms with Gasteiger partial charge in [0, 0.05) is 25.2 Å². The standard InChI is InChI=1S/C28H21N/c1-29(22-5-3-2-4-6-22)16-21-15-20-12-11-18-8-7-17-9-10-19-13-14-23(21)28-26(19)24(17)25(18)27(20)28/h2-14,21H,15-16H2,1H3. The fraction of sp³-hybridized carbons (Fsp3) is 0.143. The van der Waals surface area contributed by atoms with E-state index >= 15 is 0 Å². The van der Waals surface area contributed by atoms with E-state index < -0.39 is 0 Å². The van der Waals surface area contributed by atoms with E-state index in [4.69, 9.17) is 0 Å². The Balaban J connectivity index is 1.48. The van der Waals surface area contributed by atoms with Gasteiger partial charge in [-0.2, -0.15) is 0 Å². The Kier molecular flexibility index (Phi) is 2.90. The predicted octanol–water partition coefficient (Wildman–Crippen LogP) is 6.90. The molecular formula is C28H21N. The number of benzene rings is 5. The highest BCUT2D eigenvalue weighted by Crippen LogP contribution is 2.54. The molecule has 138 valence electrons. The van der Waals surface area contributed by atoms with E-state index in [1.807, 2.05) is 0 Å². The molecule has 7 rings (SSSR count). The van der Waals surface area contributed by atoms with Crippen molar-refractivity contribution in [2.75, 3.05) is 18.5 Å². The SMILES string of the molecule is CN(CC1Cc2ccc3ccc4ccc5ccc1c1c5c4c3c2-1)c1ccccc1. The molecule has 0 heterocycles. The molecule has 0 radical (unpaired) electrons. The van der Waals surface area contributed by atoms with Crippen LogP contribution in [0.25, 0.3) is 43.4 Å². The summed E-state index contributed by atoms with van der Waals surface area (Å²) >= 11 is 0. The van der Waals surface area contributed by atoms with Gasteiger partial charge in [-0.15, -0.1) is 0 Å². The summed E-state index contributed by atoms with van der Waals surface area (Å²) in [7, 11) is 2.22. The normalized spacial score (nSPS) is 16.1. The lowest BCUT2D eigenvalue weighted by Gasteiger charge is -2.32. The molecule has 0 saturated heterocycles. The second-order valence-electron chi connectivity index (χ2n) is 8.67. The highest BCUT2D eigenvalue weighted by molar-refractivity contribution is 6.34. The molecule has 2 aliphatic rings. The van der Waals surface area contributed by atoms with E-state index in [1.165, 1.54) is 60.3 Å². The average Bonchev–Trinajstić information content (AvgIpc) is 3.14. The minimum Gasteiger partial charge on any atom is -0.374 e. The molecular weight excluding hydrogens is 350 g/mol. The number of hydrogen-bond acceptors (Lipinski definition) is 1. The zero-order valence-corrected chi connectivity index (χ0v) is 16.4. The third-order valence-electron chi connectivity index (χ3n) is 7.11. The highest BCUT2D eigenvalue weighted by Gasteiger charge is 2.32. The molecule has 2 aliphatic carbocycles. The van der Waals surface area contributed by atoms with Gasteiger partial charge < -0.3 is 4.90 Å². The molecule has 1 heteroatoms. The van der Waals surface area contributed by atoms with E-state index in [0.717, 1.165) is 13.0 Å². The van der Waals surface area contributed by atoms with Crippen LogP contribution in [0.4, 0.5) is 5.69 Å². The van der Waals surface area contributed by atoms with Crippen LogP contribution in [-0.4, -0.2) is 13.6 Å². The topological polar surface area (TPSA) is 3.24 Å². The maximum Gasteiger partial charge on any atom is 0.0363 e. The number of rotatable bonds is 3. The van der Waals surface area contributed by atoms with Crippen molar-refractivity contribution in [2.24, 2.45) is 0 Å². The Morgan fingerprint density at radius 1 is 0.690 bits per heavy atom. The summed E-state index contributed by atoms with van der Waals surface area (Å²) in [6.45, 7) is 1.03. The third kappa shape index (κ3) is 1.95. The van der Waals surface area contributed by atoms with E-state index in [0.29, 0.717) is 5.92 Å². The molecule has 0 aromatic heterocycles. The fourth-order valence-electron chi connectivity index (χ4n) is 5.83. The monoisotopic (exact) mass is 371 g/mol. The zero-order chi connectivity index (χ0) is 19.1. The van der Waals surface area contributed by atoms with E-state index in [1.54, 1.807) is 0 Å². The second kappa shape index (κ2) is 5.39. The second-order valence-corrected chi connectivity index (χ2v) is 8.67. The zero-order valence-electron chi connectivity index (χ0n) is 16.4. The summed E-state index contributed by atoms with van der Waals surface area (Å²) in [5.74, 6) is 0.508. The average molecular weight is 371 g/mol. The summed E-state index contributed by atoms with van der Waals surface area (Å²) < 4.78 is 0. The molecule has 0 bridgehead atoms. The Bertz CT molecular complexity index is 1460. The van der Waals surface area contributed by atoms with Crippen LogP contribution in [0.1, 0.15) is 17.0 Å². The van der Waals surface area contributed by atoms with Crippen LogP contribution in [0.5, 0.6) is 0 Å². The van der Waals surface area contributed by atoms with Gasteiger partial charge in [0.15, 0.2) is 0 Å². The first-order valence-electron chi connectivity index (χ1n) is 10.5. The summed E-state index contributed by atoms with van der Waals surface area (Å²) in [6.07, 6.45) is 1.12. The van der Waals surface area contributed by atoms with E-state index in [2.05, 4.69) is 90.8 Å². The fourth-order valence-corrected chi connectivity index (χ4v) is 5.83. The van der Waals surface area contributed by atoms with E-state index in [9.17, 15) is 0 Å². The molecule has 1 nitrogen and oxygen atoms in total. The Morgan fingerprint density at radius 2 is 1.31 bits per heavy atom. The van der Waals surface area contributed by atoms with Crippen LogP contribution < -0.4 is 4.90 Å². The van der Waals surface area contributed by atoms with Crippen LogP contribution >= 0.6 is 0 Å². The van der Waals surface area contributed by atoms with Gasteiger partial charge in [0.1, 0.15) is 0 Å². The molecule has 0 amide bonds. The van der Waals surface area contributed by atoms with Crippen LogP contribution in [0.2, 0.25) is 0 Å². The quantitative estimate of drug-likeness (QED) is 0.306. The van der Waals surface area contributed by atoms with Crippen molar-refractivity contribution >= 4 is 38.0 Å². The minimum atomic E-state index is 0.508. The Hall–Kier alpha value is -3.32. The van der Waals surface area contributed by atoms with Crippen molar-refractivity contribution in [1.82, 2.24) is 0 Å². The van der Waals surface area contributed by atoms with Gasteiger partial charge in [-0.25, -0.2) is 0 Å². The first kappa shape index (κ1) is 15.6. The van der Waals surface area contributed by atoms with Gasteiger partial charge in [0.25, 0.3) is 0 Å². The van der Waals surface area contributed by atoms with Crippen molar-refractivity contribution < 1.29 is 0 Å². The molecule has 5 aromatic rings. The molecule has 1 atom stereocenters. The number of nitrogens with zero attached hydrogens (tertiary/aromatic N) is 1. The van der Waals surface area contributed by atoms with Crippen molar-refractivity contribution in [3.8, 4) is 11.1 Å². The van der Waals surface area contributed by atoms with Gasteiger partial charge in [-0.05, 0) is 73.1 Å². The summed E-state index contributed by atoms with van der Waals surface area (Å²) in [6, 6.07) is 29.4. The molecule has 0 saturated carbocycles. The smallest absolute Gasteiger partial charge is 0.0363 e. The molecule has 29 heavy (non-hydrogen) atoms. The van der Waals surface area contributed by atoms with Crippen molar-refractivity contribution in [2.45, 2.75) is 12.3 Å². The van der Waals surface area contributed by atoms with E-state index in [-0.39, 0.29) is 0 Å². The van der Waals surface area contributed by atoms with Crippen LogP contribution in [0.3, 0.4) is 0 Å². The molecule has 1 unspecified atom stereocenters. The van der Waals surface area contributed by atoms with Crippen LogP contribution in [0, 0.1) is 0 Å². The Morgan fingerprint density at radius 3 is 2.07 bits per heavy atom. The highest BCUT2D eigenvalue weighted by atomic mass is 15.1. The maximum absolute atomic E-state index is 2.41. The summed E-state index contributed by atoms with van der Waals surface area (Å²) in [5, 5.41) is 8.58. The van der Waals surface area contributed by atoms with Crippen LogP contribution in [-0.2, 0) is 6.42 Å². The third-order valence-corrected chi connectivity index (χ3v) is 7.11. The predicted molar refractivity (Wildman–Crippen MR) is 124 cm³/mol.